The standard InChI is InChI=1S/C17H21N5O3S/c23-17(15-5-1-3-7-18-15)20-9-14-26(24,25)22-12-10-21(11-13-22)16-6-2-4-8-19-16/h1-8H,9-14H2,(H,20,23). The molecule has 9 heteroatoms. The third-order valence-corrected chi connectivity index (χ3v) is 6.02. The molecule has 2 aromatic heterocycles. The van der Waals surface area contributed by atoms with Crippen molar-refractivity contribution in [2.24, 2.45) is 0 Å². The number of aromatic nitrogens is 2. The summed E-state index contributed by atoms with van der Waals surface area (Å²) in [6.45, 7) is 2.06. The zero-order chi connectivity index (χ0) is 18.4. The van der Waals surface area contributed by atoms with Crippen LogP contribution in [0.25, 0.3) is 0 Å². The number of hydrogen-bond acceptors (Lipinski definition) is 6. The summed E-state index contributed by atoms with van der Waals surface area (Å²) in [6, 6.07) is 10.7. The first kappa shape index (κ1) is 18.3. The lowest BCUT2D eigenvalue weighted by Crippen LogP contribution is -2.50. The SMILES string of the molecule is O=C(NCCS(=O)(=O)N1CCN(c2ccccn2)CC1)c1ccccn1. The van der Waals surface area contributed by atoms with Gasteiger partial charge in [0, 0.05) is 45.1 Å². The molecule has 1 aliphatic rings. The maximum Gasteiger partial charge on any atom is 0.269 e. The Bertz CT molecular complexity index is 822. The van der Waals surface area contributed by atoms with Crippen molar-refractivity contribution in [2.45, 2.75) is 0 Å². The molecule has 0 unspecified atom stereocenters. The molecule has 0 aromatic carbocycles. The van der Waals surface area contributed by atoms with Gasteiger partial charge in [-0.2, -0.15) is 4.31 Å². The summed E-state index contributed by atoms with van der Waals surface area (Å²) in [5.74, 6) is 0.350. The lowest BCUT2D eigenvalue weighted by atomic mass is 10.3. The number of carbonyl (C=O) groups is 1. The van der Waals surface area contributed by atoms with Gasteiger partial charge in [0.25, 0.3) is 5.91 Å². The lowest BCUT2D eigenvalue weighted by molar-refractivity contribution is 0.0951. The van der Waals surface area contributed by atoms with Gasteiger partial charge in [-0.3, -0.25) is 9.78 Å². The summed E-state index contributed by atoms with van der Waals surface area (Å²) in [5, 5.41) is 2.60. The number of rotatable bonds is 6. The van der Waals surface area contributed by atoms with Gasteiger partial charge in [0.05, 0.1) is 5.75 Å². The summed E-state index contributed by atoms with van der Waals surface area (Å²) in [6.07, 6.45) is 3.25. The highest BCUT2D eigenvalue weighted by atomic mass is 32.2. The predicted octanol–water partition coefficient (Wildman–Crippen LogP) is 0.358. The Kier molecular flexibility index (Phi) is 5.79. The van der Waals surface area contributed by atoms with Gasteiger partial charge < -0.3 is 10.2 Å². The maximum absolute atomic E-state index is 12.5. The van der Waals surface area contributed by atoms with Gasteiger partial charge in [-0.25, -0.2) is 13.4 Å². The molecular formula is C17H21N5O3S. The summed E-state index contributed by atoms with van der Waals surface area (Å²) < 4.78 is 26.4. The summed E-state index contributed by atoms with van der Waals surface area (Å²) >= 11 is 0. The first-order valence-electron chi connectivity index (χ1n) is 8.39. The second-order valence-electron chi connectivity index (χ2n) is 5.86. The molecule has 0 aliphatic carbocycles. The molecule has 3 heterocycles. The molecule has 8 nitrogen and oxygen atoms in total. The first-order chi connectivity index (χ1) is 12.6. The van der Waals surface area contributed by atoms with Crippen LogP contribution in [0.1, 0.15) is 10.5 Å². The van der Waals surface area contributed by atoms with Crippen molar-refractivity contribution in [3.8, 4) is 0 Å². The Labute approximate surface area is 152 Å². The molecule has 138 valence electrons. The molecule has 1 amide bonds. The molecule has 1 saturated heterocycles. The molecule has 1 aliphatic heterocycles. The van der Waals surface area contributed by atoms with E-state index in [1.165, 1.54) is 10.5 Å². The number of nitrogens with one attached hydrogen (secondary N) is 1. The van der Waals surface area contributed by atoms with Crippen LogP contribution >= 0.6 is 0 Å². The van der Waals surface area contributed by atoms with E-state index in [1.807, 2.05) is 18.2 Å². The van der Waals surface area contributed by atoms with Crippen molar-refractivity contribution in [3.63, 3.8) is 0 Å². The van der Waals surface area contributed by atoms with Crippen LogP contribution in [0.5, 0.6) is 0 Å². The predicted molar refractivity (Wildman–Crippen MR) is 98.4 cm³/mol. The van der Waals surface area contributed by atoms with Crippen LogP contribution in [0.3, 0.4) is 0 Å². The second-order valence-corrected chi connectivity index (χ2v) is 7.95. The zero-order valence-electron chi connectivity index (χ0n) is 14.3. The van der Waals surface area contributed by atoms with Crippen molar-refractivity contribution in [1.82, 2.24) is 19.6 Å². The lowest BCUT2D eigenvalue weighted by Gasteiger charge is -2.34. The van der Waals surface area contributed by atoms with Crippen LogP contribution in [0.4, 0.5) is 5.82 Å². The molecule has 1 N–H and O–H groups in total. The molecule has 0 bridgehead atoms. The molecule has 0 atom stereocenters. The Morgan fingerprint density at radius 2 is 1.69 bits per heavy atom. The van der Waals surface area contributed by atoms with E-state index < -0.39 is 10.0 Å². The summed E-state index contributed by atoms with van der Waals surface area (Å²) in [5.41, 5.74) is 0.272. The number of amides is 1. The van der Waals surface area contributed by atoms with Gasteiger partial charge in [-0.1, -0.05) is 12.1 Å². The molecule has 0 radical (unpaired) electrons. The molecule has 2 aromatic rings. The Morgan fingerprint density at radius 3 is 2.31 bits per heavy atom. The Morgan fingerprint density at radius 1 is 1.00 bits per heavy atom. The van der Waals surface area contributed by atoms with Crippen molar-refractivity contribution in [1.29, 1.82) is 0 Å². The average Bonchev–Trinajstić information content (AvgIpc) is 2.69. The van der Waals surface area contributed by atoms with Crippen LogP contribution in [0.15, 0.2) is 48.8 Å². The smallest absolute Gasteiger partial charge is 0.269 e. The summed E-state index contributed by atoms with van der Waals surface area (Å²) in [7, 11) is -3.42. The number of piperazine rings is 1. The van der Waals surface area contributed by atoms with Crippen LogP contribution in [-0.2, 0) is 10.0 Å². The van der Waals surface area contributed by atoms with Crippen molar-refractivity contribution in [2.75, 3.05) is 43.4 Å². The quantitative estimate of drug-likeness (QED) is 0.783. The highest BCUT2D eigenvalue weighted by Crippen LogP contribution is 2.14. The first-order valence-corrected chi connectivity index (χ1v) is 10.0. The monoisotopic (exact) mass is 375 g/mol. The molecule has 3 rings (SSSR count). The Balaban J connectivity index is 1.48. The maximum atomic E-state index is 12.5. The number of sulfonamides is 1. The molecular weight excluding hydrogens is 354 g/mol. The van der Waals surface area contributed by atoms with Gasteiger partial charge in [0.2, 0.25) is 10.0 Å². The van der Waals surface area contributed by atoms with Gasteiger partial charge in [-0.15, -0.1) is 0 Å². The fraction of sp³-hybridized carbons (Fsp3) is 0.353. The van der Waals surface area contributed by atoms with Gasteiger partial charge in [0.1, 0.15) is 11.5 Å². The van der Waals surface area contributed by atoms with Gasteiger partial charge in [0.15, 0.2) is 0 Å². The third-order valence-electron chi connectivity index (χ3n) is 4.15. The number of nitrogens with zero attached hydrogens (tertiary/aromatic N) is 4. The normalized spacial score (nSPS) is 15.6. The van der Waals surface area contributed by atoms with Crippen LogP contribution in [-0.4, -0.2) is 67.1 Å². The average molecular weight is 375 g/mol. The Hall–Kier alpha value is -2.52. The molecule has 0 saturated carbocycles. The third kappa shape index (κ3) is 4.55. The second kappa shape index (κ2) is 8.24. The highest BCUT2D eigenvalue weighted by molar-refractivity contribution is 7.89. The fourth-order valence-corrected chi connectivity index (χ4v) is 4.08. The van der Waals surface area contributed by atoms with E-state index in [1.54, 1.807) is 24.4 Å². The van der Waals surface area contributed by atoms with Crippen LogP contribution in [0, 0.1) is 0 Å². The summed E-state index contributed by atoms with van der Waals surface area (Å²) in [4.78, 5) is 22.2. The van der Waals surface area contributed by atoms with E-state index in [9.17, 15) is 13.2 Å². The van der Waals surface area contributed by atoms with Crippen LogP contribution in [0.2, 0.25) is 0 Å². The number of hydrogen-bond donors (Lipinski definition) is 1. The van der Waals surface area contributed by atoms with E-state index in [0.29, 0.717) is 26.2 Å². The van der Waals surface area contributed by atoms with Crippen molar-refractivity contribution < 1.29 is 13.2 Å². The molecule has 1 fully saturated rings. The zero-order valence-corrected chi connectivity index (χ0v) is 15.1. The molecule has 26 heavy (non-hydrogen) atoms. The highest BCUT2D eigenvalue weighted by Gasteiger charge is 2.27. The minimum absolute atomic E-state index is 0.0538. The van der Waals surface area contributed by atoms with Crippen molar-refractivity contribution in [3.05, 3.63) is 54.5 Å². The van der Waals surface area contributed by atoms with E-state index in [2.05, 4.69) is 20.2 Å². The minimum Gasteiger partial charge on any atom is -0.354 e. The van der Waals surface area contributed by atoms with Gasteiger partial charge >= 0.3 is 0 Å². The minimum atomic E-state index is -3.42. The number of anilines is 1. The van der Waals surface area contributed by atoms with E-state index in [4.69, 9.17) is 0 Å². The molecule has 0 spiro atoms. The van der Waals surface area contributed by atoms with Crippen molar-refractivity contribution >= 4 is 21.7 Å². The van der Waals surface area contributed by atoms with E-state index in [0.717, 1.165) is 5.82 Å². The fourth-order valence-electron chi connectivity index (χ4n) is 2.75. The van der Waals surface area contributed by atoms with Crippen LogP contribution < -0.4 is 10.2 Å². The van der Waals surface area contributed by atoms with Gasteiger partial charge in [-0.05, 0) is 24.3 Å². The number of carbonyl (C=O) groups excluding carboxylic acids is 1. The number of pyridine rings is 2. The van der Waals surface area contributed by atoms with E-state index >= 15 is 0 Å². The van der Waals surface area contributed by atoms with E-state index in [-0.39, 0.29) is 23.9 Å². The topological polar surface area (TPSA) is 95.5 Å². The largest absolute Gasteiger partial charge is 0.354 e.